The lowest BCUT2D eigenvalue weighted by atomic mass is 9.89. The van der Waals surface area contributed by atoms with Gasteiger partial charge in [-0.25, -0.2) is 0 Å². The number of hydrogen-bond acceptors (Lipinski definition) is 1. The van der Waals surface area contributed by atoms with Crippen molar-refractivity contribution in [3.63, 3.8) is 0 Å². The Morgan fingerprint density at radius 3 is 2.56 bits per heavy atom. The van der Waals surface area contributed by atoms with Crippen LogP contribution in [0.25, 0.3) is 0 Å². The Balaban J connectivity index is 1.53. The zero-order chi connectivity index (χ0) is 17.6. The lowest BCUT2D eigenvalue weighted by Crippen LogP contribution is -3.08. The molecule has 2 atom stereocenters. The lowest BCUT2D eigenvalue weighted by molar-refractivity contribution is -0.885. The minimum atomic E-state index is 0.0595. The van der Waals surface area contributed by atoms with Crippen molar-refractivity contribution in [2.24, 2.45) is 0 Å². The fourth-order valence-electron chi connectivity index (χ4n) is 3.68. The molecule has 0 bridgehead atoms. The summed E-state index contributed by atoms with van der Waals surface area (Å²) in [5.41, 5.74) is 5.43. The number of rotatable bonds is 6. The number of likely N-dealkylation sites (N-methyl/N-ethyl adjacent to an activating group) is 1. The Kier molecular flexibility index (Phi) is 5.87. The van der Waals surface area contributed by atoms with E-state index in [9.17, 15) is 4.79 Å². The number of fused-ring (bicyclic) bond motifs is 1. The summed E-state index contributed by atoms with van der Waals surface area (Å²) in [5.74, 6) is 0.110. The van der Waals surface area contributed by atoms with Crippen LogP contribution in [0.5, 0.6) is 0 Å². The number of quaternary nitrogens is 1. The van der Waals surface area contributed by atoms with Crippen molar-refractivity contribution in [3.05, 3.63) is 70.8 Å². The molecule has 0 aliphatic heterocycles. The van der Waals surface area contributed by atoms with Gasteiger partial charge in [0.05, 0.1) is 13.1 Å². The van der Waals surface area contributed by atoms with Crippen LogP contribution >= 0.6 is 0 Å². The first kappa shape index (κ1) is 17.7. The monoisotopic (exact) mass is 337 g/mol. The molecular formula is C22H29N2O+. The van der Waals surface area contributed by atoms with Crippen molar-refractivity contribution in [3.8, 4) is 0 Å². The molecule has 0 saturated heterocycles. The predicted octanol–water partition coefficient (Wildman–Crippen LogP) is 2.46. The van der Waals surface area contributed by atoms with Crippen LogP contribution in [0.1, 0.15) is 48.1 Å². The standard InChI is InChI=1S/C22H28N2O/c1-17(20-13-12-19-10-6-7-11-21(19)14-20)23-22(25)16-24(2)15-18-8-4-3-5-9-18/h3-5,8-9,12-14,17H,6-7,10-11,15-16H2,1-2H3,(H,23,25)/p+1/t17-/m1/s1. The normalized spacial score (nSPS) is 15.9. The van der Waals surface area contributed by atoms with Crippen molar-refractivity contribution in [2.45, 2.75) is 45.2 Å². The van der Waals surface area contributed by atoms with Crippen molar-refractivity contribution in [2.75, 3.05) is 13.6 Å². The van der Waals surface area contributed by atoms with Gasteiger partial charge in [-0.05, 0) is 49.3 Å². The lowest BCUT2D eigenvalue weighted by Gasteiger charge is -2.21. The van der Waals surface area contributed by atoms with E-state index < -0.39 is 0 Å². The SMILES string of the molecule is C[C@@H](NC(=O)C[NH+](C)Cc1ccccc1)c1ccc2c(c1)CCCC2. The van der Waals surface area contributed by atoms with Gasteiger partial charge in [-0.1, -0.05) is 48.5 Å². The molecule has 1 aliphatic carbocycles. The number of hydrogen-bond donors (Lipinski definition) is 2. The smallest absolute Gasteiger partial charge is 0.275 e. The molecule has 1 unspecified atom stereocenters. The second-order valence-electron chi connectivity index (χ2n) is 7.32. The van der Waals surface area contributed by atoms with E-state index in [2.05, 4.69) is 49.6 Å². The minimum Gasteiger partial charge on any atom is -0.345 e. The molecule has 0 radical (unpaired) electrons. The largest absolute Gasteiger partial charge is 0.345 e. The predicted molar refractivity (Wildman–Crippen MR) is 102 cm³/mol. The Labute approximate surface area is 151 Å². The number of amides is 1. The average molecular weight is 337 g/mol. The van der Waals surface area contributed by atoms with Crippen LogP contribution in [0.3, 0.4) is 0 Å². The molecule has 3 nitrogen and oxygen atoms in total. The Morgan fingerprint density at radius 2 is 1.80 bits per heavy atom. The van der Waals surface area contributed by atoms with Gasteiger partial charge in [-0.15, -0.1) is 0 Å². The first-order valence-corrected chi connectivity index (χ1v) is 9.38. The van der Waals surface area contributed by atoms with Gasteiger partial charge >= 0.3 is 0 Å². The van der Waals surface area contributed by atoms with E-state index in [1.54, 1.807) is 0 Å². The van der Waals surface area contributed by atoms with Crippen molar-refractivity contribution in [1.82, 2.24) is 5.32 Å². The molecule has 0 fully saturated rings. The highest BCUT2D eigenvalue weighted by atomic mass is 16.2. The second-order valence-corrected chi connectivity index (χ2v) is 7.32. The zero-order valence-corrected chi connectivity index (χ0v) is 15.3. The van der Waals surface area contributed by atoms with E-state index in [-0.39, 0.29) is 11.9 Å². The highest BCUT2D eigenvalue weighted by molar-refractivity contribution is 5.77. The number of carbonyl (C=O) groups is 1. The van der Waals surface area contributed by atoms with Gasteiger partial charge in [0, 0.05) is 5.56 Å². The van der Waals surface area contributed by atoms with Crippen LogP contribution in [0.4, 0.5) is 0 Å². The van der Waals surface area contributed by atoms with Crippen LogP contribution in [-0.4, -0.2) is 19.5 Å². The molecule has 0 saturated carbocycles. The maximum absolute atomic E-state index is 12.4. The van der Waals surface area contributed by atoms with E-state index in [1.165, 1.54) is 52.8 Å². The van der Waals surface area contributed by atoms with Crippen LogP contribution in [0, 0.1) is 0 Å². The molecule has 3 rings (SSSR count). The molecular weight excluding hydrogens is 308 g/mol. The first-order valence-electron chi connectivity index (χ1n) is 9.38. The number of carbonyl (C=O) groups excluding carboxylic acids is 1. The van der Waals surface area contributed by atoms with E-state index in [4.69, 9.17) is 0 Å². The second kappa shape index (κ2) is 8.30. The summed E-state index contributed by atoms with van der Waals surface area (Å²) < 4.78 is 0. The van der Waals surface area contributed by atoms with Gasteiger partial charge in [0.25, 0.3) is 5.91 Å². The molecule has 2 aromatic rings. The summed E-state index contributed by atoms with van der Waals surface area (Å²) >= 11 is 0. The maximum atomic E-state index is 12.4. The van der Waals surface area contributed by atoms with E-state index >= 15 is 0 Å². The van der Waals surface area contributed by atoms with Gasteiger partial charge in [0.15, 0.2) is 6.54 Å². The van der Waals surface area contributed by atoms with Crippen molar-refractivity contribution < 1.29 is 9.69 Å². The average Bonchev–Trinajstić information content (AvgIpc) is 2.61. The fourth-order valence-corrected chi connectivity index (χ4v) is 3.68. The van der Waals surface area contributed by atoms with Crippen LogP contribution in [0.15, 0.2) is 48.5 Å². The topological polar surface area (TPSA) is 33.5 Å². The molecule has 3 heteroatoms. The van der Waals surface area contributed by atoms with Crippen molar-refractivity contribution >= 4 is 5.91 Å². The Morgan fingerprint density at radius 1 is 1.08 bits per heavy atom. The summed E-state index contributed by atoms with van der Waals surface area (Å²) in [4.78, 5) is 13.6. The maximum Gasteiger partial charge on any atom is 0.275 e. The number of nitrogens with one attached hydrogen (secondary N) is 2. The minimum absolute atomic E-state index is 0.0595. The van der Waals surface area contributed by atoms with Gasteiger partial charge in [-0.3, -0.25) is 4.79 Å². The number of aryl methyl sites for hydroxylation is 2. The molecule has 2 aromatic carbocycles. The molecule has 1 amide bonds. The molecule has 2 N–H and O–H groups in total. The molecule has 0 spiro atoms. The molecule has 132 valence electrons. The van der Waals surface area contributed by atoms with Gasteiger partial charge in [0.2, 0.25) is 0 Å². The summed E-state index contributed by atoms with van der Waals surface area (Å²) in [6.45, 7) is 3.43. The summed E-state index contributed by atoms with van der Waals surface area (Å²) in [5, 5.41) is 3.16. The summed E-state index contributed by atoms with van der Waals surface area (Å²) in [7, 11) is 2.07. The van der Waals surface area contributed by atoms with Crippen molar-refractivity contribution in [1.29, 1.82) is 0 Å². The Hall–Kier alpha value is -2.13. The summed E-state index contributed by atoms with van der Waals surface area (Å²) in [6, 6.07) is 17.1. The van der Waals surface area contributed by atoms with Crippen LogP contribution in [0.2, 0.25) is 0 Å². The quantitative estimate of drug-likeness (QED) is 0.834. The highest BCUT2D eigenvalue weighted by Gasteiger charge is 2.16. The fraction of sp³-hybridized carbons (Fsp3) is 0.409. The first-order chi connectivity index (χ1) is 12.1. The third-order valence-electron chi connectivity index (χ3n) is 5.06. The Bertz CT molecular complexity index is 711. The third kappa shape index (κ3) is 4.93. The molecule has 0 heterocycles. The van der Waals surface area contributed by atoms with E-state index in [1.807, 2.05) is 18.2 Å². The molecule has 1 aliphatic rings. The van der Waals surface area contributed by atoms with Crippen LogP contribution in [-0.2, 0) is 24.2 Å². The highest BCUT2D eigenvalue weighted by Crippen LogP contribution is 2.24. The molecule has 0 aromatic heterocycles. The number of benzene rings is 2. The van der Waals surface area contributed by atoms with Gasteiger partial charge < -0.3 is 10.2 Å². The van der Waals surface area contributed by atoms with Gasteiger partial charge in [-0.2, -0.15) is 0 Å². The zero-order valence-electron chi connectivity index (χ0n) is 15.3. The molecule has 25 heavy (non-hydrogen) atoms. The van der Waals surface area contributed by atoms with Gasteiger partial charge in [0.1, 0.15) is 6.54 Å². The van der Waals surface area contributed by atoms with E-state index in [0.717, 1.165) is 6.54 Å². The van der Waals surface area contributed by atoms with Crippen LogP contribution < -0.4 is 10.2 Å². The van der Waals surface area contributed by atoms with E-state index in [0.29, 0.717) is 6.54 Å². The third-order valence-corrected chi connectivity index (χ3v) is 5.06. The summed E-state index contributed by atoms with van der Waals surface area (Å²) in [6.07, 6.45) is 4.96.